The number of hydrazine groups is 1. The number of hydrogen-bond acceptors (Lipinski definition) is 3. The molecule has 0 saturated carbocycles. The number of carboxylic acid groups (broad SMARTS) is 1. The average Bonchev–Trinajstić information content (AvgIpc) is 2.72. The molecule has 114 valence electrons. The van der Waals surface area contributed by atoms with Crippen molar-refractivity contribution in [2.24, 2.45) is 5.84 Å². The van der Waals surface area contributed by atoms with Crippen LogP contribution in [0.5, 0.6) is 0 Å². The summed E-state index contributed by atoms with van der Waals surface area (Å²) < 4.78 is 13.7. The van der Waals surface area contributed by atoms with E-state index in [1.54, 1.807) is 30.5 Å². The molecular weight excluding hydrogens is 283 g/mol. The first-order valence-corrected chi connectivity index (χ1v) is 6.83. The van der Waals surface area contributed by atoms with Gasteiger partial charge in [-0.15, -0.1) is 0 Å². The summed E-state index contributed by atoms with van der Waals surface area (Å²) in [4.78, 5) is 10.9. The minimum atomic E-state index is -1.01. The summed E-state index contributed by atoms with van der Waals surface area (Å²) in [5, 5.41) is 10.3. The Morgan fingerprint density at radius 1 is 1.45 bits per heavy atom. The van der Waals surface area contributed by atoms with Gasteiger partial charge < -0.3 is 5.11 Å². The highest BCUT2D eigenvalue weighted by molar-refractivity contribution is 5.88. The standard InChI is InChI=1S/C17H17FN2O2/c18-16-10-3-1-2-6-13(16)8-5-11-20(19)15-9-4-7-14(12-15)17(21)22/h1-2,4-7,9-12H,3,8,19H2,(H,21,22)/b11-5-. The minimum absolute atomic E-state index is 0.159. The second-order valence-electron chi connectivity index (χ2n) is 4.76. The Hall–Kier alpha value is -2.66. The van der Waals surface area contributed by atoms with Gasteiger partial charge in [-0.25, -0.2) is 15.0 Å². The number of nitrogens with zero attached hydrogens (tertiary/aromatic N) is 1. The van der Waals surface area contributed by atoms with Crippen LogP contribution in [0, 0.1) is 0 Å². The van der Waals surface area contributed by atoms with E-state index in [2.05, 4.69) is 0 Å². The number of anilines is 1. The molecule has 1 aliphatic carbocycles. The van der Waals surface area contributed by atoms with E-state index >= 15 is 0 Å². The van der Waals surface area contributed by atoms with Crippen molar-refractivity contribution in [3.8, 4) is 0 Å². The van der Waals surface area contributed by atoms with Gasteiger partial charge >= 0.3 is 5.97 Å². The monoisotopic (exact) mass is 300 g/mol. The van der Waals surface area contributed by atoms with Crippen LogP contribution in [0.3, 0.4) is 0 Å². The number of halogens is 1. The molecule has 0 heterocycles. The fourth-order valence-corrected chi connectivity index (χ4v) is 1.99. The van der Waals surface area contributed by atoms with Crippen LogP contribution in [0.2, 0.25) is 0 Å². The van der Waals surface area contributed by atoms with Gasteiger partial charge in [0.25, 0.3) is 0 Å². The topological polar surface area (TPSA) is 66.6 Å². The van der Waals surface area contributed by atoms with E-state index in [-0.39, 0.29) is 11.4 Å². The predicted molar refractivity (Wildman–Crippen MR) is 84.9 cm³/mol. The highest BCUT2D eigenvalue weighted by atomic mass is 19.1. The second-order valence-corrected chi connectivity index (χ2v) is 4.76. The van der Waals surface area contributed by atoms with E-state index in [1.165, 1.54) is 23.2 Å². The maximum absolute atomic E-state index is 13.7. The molecule has 4 nitrogen and oxygen atoms in total. The summed E-state index contributed by atoms with van der Waals surface area (Å²) in [5.74, 6) is 4.61. The van der Waals surface area contributed by atoms with E-state index in [0.717, 1.165) is 0 Å². The summed E-state index contributed by atoms with van der Waals surface area (Å²) in [7, 11) is 0. The number of nitrogens with two attached hydrogens (primary N) is 1. The smallest absolute Gasteiger partial charge is 0.335 e. The lowest BCUT2D eigenvalue weighted by molar-refractivity contribution is 0.0697. The molecule has 0 unspecified atom stereocenters. The molecule has 0 fully saturated rings. The molecule has 0 radical (unpaired) electrons. The number of rotatable bonds is 5. The first-order chi connectivity index (χ1) is 10.6. The predicted octanol–water partition coefficient (Wildman–Crippen LogP) is 3.71. The Labute approximate surface area is 128 Å². The molecule has 0 bridgehead atoms. The first kappa shape index (κ1) is 15.7. The number of hydrogen-bond donors (Lipinski definition) is 2. The van der Waals surface area contributed by atoms with Gasteiger partial charge in [-0.3, -0.25) is 5.01 Å². The summed E-state index contributed by atoms with van der Waals surface area (Å²) in [6.07, 6.45) is 11.3. The molecule has 2 rings (SSSR count). The van der Waals surface area contributed by atoms with Crippen molar-refractivity contribution >= 4 is 11.7 Å². The number of carboxylic acids is 1. The third kappa shape index (κ3) is 4.17. The van der Waals surface area contributed by atoms with Crippen LogP contribution in [-0.2, 0) is 0 Å². The Morgan fingerprint density at radius 2 is 2.27 bits per heavy atom. The van der Waals surface area contributed by atoms with Crippen molar-refractivity contribution in [1.29, 1.82) is 0 Å². The van der Waals surface area contributed by atoms with Crippen molar-refractivity contribution < 1.29 is 14.3 Å². The Balaban J connectivity index is 2.04. The van der Waals surface area contributed by atoms with Gasteiger partial charge in [0, 0.05) is 6.20 Å². The molecule has 0 aromatic heterocycles. The van der Waals surface area contributed by atoms with Crippen molar-refractivity contribution in [2.75, 3.05) is 5.01 Å². The SMILES string of the molecule is NN(/C=C\CC1=CC=CCC=C1F)c1cccc(C(=O)O)c1. The maximum Gasteiger partial charge on any atom is 0.335 e. The van der Waals surface area contributed by atoms with Gasteiger partial charge in [-0.2, -0.15) is 0 Å². The van der Waals surface area contributed by atoms with Crippen LogP contribution in [0.4, 0.5) is 10.1 Å². The van der Waals surface area contributed by atoms with Crippen LogP contribution in [0.25, 0.3) is 0 Å². The van der Waals surface area contributed by atoms with Crippen molar-refractivity contribution in [1.82, 2.24) is 0 Å². The lowest BCUT2D eigenvalue weighted by atomic mass is 10.1. The summed E-state index contributed by atoms with van der Waals surface area (Å²) in [5.41, 5.74) is 1.28. The largest absolute Gasteiger partial charge is 0.478 e. The Bertz CT molecular complexity index is 675. The molecule has 3 N–H and O–H groups in total. The molecule has 22 heavy (non-hydrogen) atoms. The molecule has 1 aromatic carbocycles. The van der Waals surface area contributed by atoms with Gasteiger partial charge in [0.05, 0.1) is 11.3 Å². The molecule has 5 heteroatoms. The van der Waals surface area contributed by atoms with E-state index < -0.39 is 5.97 Å². The minimum Gasteiger partial charge on any atom is -0.478 e. The molecule has 0 spiro atoms. The van der Waals surface area contributed by atoms with Gasteiger partial charge in [-0.05, 0) is 42.7 Å². The lowest BCUT2D eigenvalue weighted by Gasteiger charge is -2.14. The number of carbonyl (C=O) groups is 1. The molecule has 0 aliphatic heterocycles. The van der Waals surface area contributed by atoms with Crippen LogP contribution >= 0.6 is 0 Å². The average molecular weight is 300 g/mol. The fourth-order valence-electron chi connectivity index (χ4n) is 1.99. The van der Waals surface area contributed by atoms with Crippen LogP contribution < -0.4 is 10.9 Å². The van der Waals surface area contributed by atoms with Crippen molar-refractivity contribution in [3.05, 3.63) is 77.8 Å². The van der Waals surface area contributed by atoms with Crippen LogP contribution in [-0.4, -0.2) is 11.1 Å². The van der Waals surface area contributed by atoms with Crippen LogP contribution in [0.15, 0.2) is 72.2 Å². The fraction of sp³-hybridized carbons (Fsp3) is 0.118. The number of aromatic carboxylic acids is 1. The highest BCUT2D eigenvalue weighted by Gasteiger charge is 2.06. The maximum atomic E-state index is 13.7. The Kier molecular flexibility index (Phi) is 5.27. The summed E-state index contributed by atoms with van der Waals surface area (Å²) in [6, 6.07) is 6.28. The Morgan fingerprint density at radius 3 is 3.05 bits per heavy atom. The quantitative estimate of drug-likeness (QED) is 0.642. The summed E-state index contributed by atoms with van der Waals surface area (Å²) in [6.45, 7) is 0. The zero-order valence-electron chi connectivity index (χ0n) is 11.9. The normalized spacial score (nSPS) is 14.5. The van der Waals surface area contributed by atoms with E-state index in [4.69, 9.17) is 10.9 Å². The third-order valence-electron chi connectivity index (χ3n) is 3.17. The van der Waals surface area contributed by atoms with Crippen molar-refractivity contribution in [2.45, 2.75) is 12.8 Å². The zero-order chi connectivity index (χ0) is 15.9. The van der Waals surface area contributed by atoms with Gasteiger partial charge in [0.2, 0.25) is 0 Å². The van der Waals surface area contributed by atoms with E-state index in [0.29, 0.717) is 24.1 Å². The second kappa shape index (κ2) is 7.38. The summed E-state index contributed by atoms with van der Waals surface area (Å²) >= 11 is 0. The molecule has 0 amide bonds. The van der Waals surface area contributed by atoms with E-state index in [9.17, 15) is 9.18 Å². The molecular formula is C17H17FN2O2. The molecule has 1 aromatic rings. The van der Waals surface area contributed by atoms with Gasteiger partial charge in [0.1, 0.15) is 5.83 Å². The lowest BCUT2D eigenvalue weighted by Crippen LogP contribution is -2.24. The third-order valence-corrected chi connectivity index (χ3v) is 3.17. The number of benzene rings is 1. The zero-order valence-corrected chi connectivity index (χ0v) is 11.9. The first-order valence-electron chi connectivity index (χ1n) is 6.83. The highest BCUT2D eigenvalue weighted by Crippen LogP contribution is 2.20. The van der Waals surface area contributed by atoms with Crippen molar-refractivity contribution in [3.63, 3.8) is 0 Å². The molecule has 0 atom stereocenters. The van der Waals surface area contributed by atoms with Crippen LogP contribution in [0.1, 0.15) is 23.2 Å². The number of allylic oxidation sites excluding steroid dienone is 7. The van der Waals surface area contributed by atoms with Gasteiger partial charge in [-0.1, -0.05) is 30.4 Å². The van der Waals surface area contributed by atoms with Gasteiger partial charge in [0.15, 0.2) is 0 Å². The van der Waals surface area contributed by atoms with E-state index in [1.807, 2.05) is 12.2 Å². The molecule has 0 saturated heterocycles. The molecule has 1 aliphatic rings.